The Morgan fingerprint density at radius 3 is 1.87 bits per heavy atom. The summed E-state index contributed by atoms with van der Waals surface area (Å²) in [6, 6.07) is 0. The molecule has 0 rings (SSSR count). The van der Waals surface area contributed by atoms with E-state index in [-0.39, 0.29) is 5.78 Å². The summed E-state index contributed by atoms with van der Waals surface area (Å²) < 4.78 is 8.54. The molecule has 0 aromatic carbocycles. The van der Waals surface area contributed by atoms with Crippen LogP contribution in [0.4, 0.5) is 0 Å². The minimum Gasteiger partial charge on any atom is -0.481 e. The van der Waals surface area contributed by atoms with Crippen LogP contribution in [-0.2, 0) is 28.7 Å². The van der Waals surface area contributed by atoms with Crippen LogP contribution in [0, 0.1) is 0 Å². The van der Waals surface area contributed by atoms with E-state index < -0.39 is 37.5 Å². The van der Waals surface area contributed by atoms with E-state index in [4.69, 9.17) is 5.11 Å². The van der Waals surface area contributed by atoms with Crippen LogP contribution in [-0.4, -0.2) is 35.6 Å². The molecule has 0 saturated carbocycles. The number of ether oxygens (including phenoxy) is 2. The summed E-state index contributed by atoms with van der Waals surface area (Å²) in [5, 5.41) is 8.16. The zero-order valence-corrected chi connectivity index (χ0v) is 8.02. The number of carboxylic acids is 1. The van der Waals surface area contributed by atoms with Gasteiger partial charge in [0.1, 0.15) is 18.6 Å². The topological polar surface area (TPSA) is 107 Å². The second-order valence-electron chi connectivity index (χ2n) is 2.60. The van der Waals surface area contributed by atoms with E-state index in [0.29, 0.717) is 0 Å². The van der Waals surface area contributed by atoms with E-state index in [2.05, 4.69) is 9.47 Å². The summed E-state index contributed by atoms with van der Waals surface area (Å²) in [5.74, 6) is -3.56. The Balaban J connectivity index is 3.61. The highest BCUT2D eigenvalue weighted by molar-refractivity contribution is 5.94. The maximum Gasteiger partial charge on any atom is 0.320 e. The number of Topliss-reactive ketones (excluding diaryl/α,β-unsaturated/α-hetero) is 1. The molecule has 0 unspecified atom stereocenters. The zero-order chi connectivity index (χ0) is 11.8. The minimum atomic E-state index is -1.34. The molecule has 0 saturated heterocycles. The fourth-order valence-corrected chi connectivity index (χ4v) is 0.590. The molecule has 15 heavy (non-hydrogen) atoms. The second-order valence-corrected chi connectivity index (χ2v) is 2.60. The number of aliphatic carboxylic acids is 1. The van der Waals surface area contributed by atoms with Crippen LogP contribution in [0.5, 0.6) is 0 Å². The third kappa shape index (κ3) is 8.41. The third-order valence-electron chi connectivity index (χ3n) is 1.13. The van der Waals surface area contributed by atoms with Crippen molar-refractivity contribution >= 4 is 23.7 Å². The van der Waals surface area contributed by atoms with Crippen molar-refractivity contribution in [3.05, 3.63) is 0 Å². The lowest BCUT2D eigenvalue weighted by Gasteiger charge is -2.03. The molecule has 84 valence electrons. The highest BCUT2D eigenvalue weighted by atomic mass is 16.7. The molecule has 7 heteroatoms. The summed E-state index contributed by atoms with van der Waals surface area (Å²) in [6.07, 6.45) is -1.21. The van der Waals surface area contributed by atoms with Gasteiger partial charge in [-0.3, -0.25) is 19.2 Å². The first kappa shape index (κ1) is 13.1. The van der Waals surface area contributed by atoms with Gasteiger partial charge in [-0.05, 0) is 6.92 Å². The largest absolute Gasteiger partial charge is 0.481 e. The first-order chi connectivity index (χ1) is 6.91. The van der Waals surface area contributed by atoms with Crippen LogP contribution < -0.4 is 0 Å². The smallest absolute Gasteiger partial charge is 0.320 e. The van der Waals surface area contributed by atoms with Gasteiger partial charge in [-0.2, -0.15) is 0 Å². The van der Waals surface area contributed by atoms with Crippen molar-refractivity contribution in [2.75, 3.05) is 6.79 Å². The lowest BCUT2D eigenvalue weighted by molar-refractivity contribution is -0.168. The van der Waals surface area contributed by atoms with Crippen molar-refractivity contribution in [2.24, 2.45) is 0 Å². The summed E-state index contributed by atoms with van der Waals surface area (Å²) >= 11 is 0. The Morgan fingerprint density at radius 1 is 1.00 bits per heavy atom. The lowest BCUT2D eigenvalue weighted by atomic mass is 10.3. The Bertz CT molecular complexity index is 253. The number of carbonyl (C=O) groups is 4. The quantitative estimate of drug-likeness (QED) is 0.363. The molecule has 0 aromatic rings. The molecule has 0 amide bonds. The van der Waals surface area contributed by atoms with Crippen molar-refractivity contribution in [1.29, 1.82) is 0 Å². The van der Waals surface area contributed by atoms with Crippen LogP contribution in [0.1, 0.15) is 19.8 Å². The standard InChI is InChI=1S/C8H10O7/c1-5(9)2-7(12)14-4-15-8(13)3-6(10)11/h2-4H2,1H3,(H,10,11). The predicted molar refractivity (Wildman–Crippen MR) is 44.6 cm³/mol. The Hall–Kier alpha value is -1.92. The zero-order valence-electron chi connectivity index (χ0n) is 8.02. The Morgan fingerprint density at radius 2 is 1.47 bits per heavy atom. The van der Waals surface area contributed by atoms with Gasteiger partial charge >= 0.3 is 17.9 Å². The minimum absolute atomic E-state index is 0.378. The molecular weight excluding hydrogens is 208 g/mol. The molecule has 0 aromatic heterocycles. The fraction of sp³-hybridized carbons (Fsp3) is 0.500. The SMILES string of the molecule is CC(=O)CC(=O)OCOC(=O)CC(=O)O. The number of carbonyl (C=O) groups excluding carboxylic acids is 3. The molecular formula is C8H10O7. The lowest BCUT2D eigenvalue weighted by Crippen LogP contribution is -2.16. The van der Waals surface area contributed by atoms with Crippen molar-refractivity contribution in [2.45, 2.75) is 19.8 Å². The number of rotatable bonds is 6. The van der Waals surface area contributed by atoms with E-state index in [9.17, 15) is 19.2 Å². The average molecular weight is 218 g/mol. The van der Waals surface area contributed by atoms with Crippen molar-refractivity contribution < 1.29 is 33.8 Å². The number of hydrogen-bond acceptors (Lipinski definition) is 6. The second kappa shape index (κ2) is 6.52. The number of hydrogen-bond donors (Lipinski definition) is 1. The molecule has 0 atom stereocenters. The van der Waals surface area contributed by atoms with Crippen LogP contribution in [0.3, 0.4) is 0 Å². The summed E-state index contributed by atoms with van der Waals surface area (Å²) in [5.41, 5.74) is 0. The van der Waals surface area contributed by atoms with Gasteiger partial charge in [0.25, 0.3) is 0 Å². The van der Waals surface area contributed by atoms with E-state index in [1.54, 1.807) is 0 Å². The van der Waals surface area contributed by atoms with Gasteiger partial charge in [0.2, 0.25) is 6.79 Å². The molecule has 7 nitrogen and oxygen atoms in total. The summed E-state index contributed by atoms with van der Waals surface area (Å²) in [6.45, 7) is 0.524. The first-order valence-electron chi connectivity index (χ1n) is 3.94. The molecule has 0 aliphatic rings. The summed E-state index contributed by atoms with van der Waals surface area (Å²) in [4.78, 5) is 41.7. The van der Waals surface area contributed by atoms with Gasteiger partial charge in [0.15, 0.2) is 0 Å². The van der Waals surface area contributed by atoms with E-state index >= 15 is 0 Å². The molecule has 0 spiro atoms. The van der Waals surface area contributed by atoms with Gasteiger partial charge in [-0.15, -0.1) is 0 Å². The average Bonchev–Trinajstić information content (AvgIpc) is 2.00. The maximum atomic E-state index is 10.7. The third-order valence-corrected chi connectivity index (χ3v) is 1.13. The monoisotopic (exact) mass is 218 g/mol. The van der Waals surface area contributed by atoms with Crippen molar-refractivity contribution in [3.8, 4) is 0 Å². The normalized spacial score (nSPS) is 9.13. The number of carboxylic acid groups (broad SMARTS) is 1. The molecule has 0 fully saturated rings. The van der Waals surface area contributed by atoms with E-state index in [1.165, 1.54) is 6.92 Å². The van der Waals surface area contributed by atoms with Crippen LogP contribution >= 0.6 is 0 Å². The Labute approximate surface area is 85.0 Å². The number of ketones is 1. The van der Waals surface area contributed by atoms with Gasteiger partial charge in [0.05, 0.1) is 0 Å². The van der Waals surface area contributed by atoms with Crippen LogP contribution in [0.15, 0.2) is 0 Å². The highest BCUT2D eigenvalue weighted by Crippen LogP contribution is 1.91. The highest BCUT2D eigenvalue weighted by Gasteiger charge is 2.10. The number of esters is 2. The van der Waals surface area contributed by atoms with Crippen LogP contribution in [0.2, 0.25) is 0 Å². The van der Waals surface area contributed by atoms with Gasteiger partial charge < -0.3 is 14.6 Å². The van der Waals surface area contributed by atoms with Crippen molar-refractivity contribution in [1.82, 2.24) is 0 Å². The molecule has 0 bridgehead atoms. The Kier molecular flexibility index (Phi) is 5.69. The molecule has 0 heterocycles. The maximum absolute atomic E-state index is 10.7. The first-order valence-corrected chi connectivity index (χ1v) is 3.94. The molecule has 0 aliphatic carbocycles. The van der Waals surface area contributed by atoms with E-state index in [0.717, 1.165) is 0 Å². The van der Waals surface area contributed by atoms with Gasteiger partial charge in [-0.1, -0.05) is 0 Å². The fourth-order valence-electron chi connectivity index (χ4n) is 0.590. The van der Waals surface area contributed by atoms with Crippen LogP contribution in [0.25, 0.3) is 0 Å². The molecule has 0 aliphatic heterocycles. The van der Waals surface area contributed by atoms with Gasteiger partial charge in [0, 0.05) is 0 Å². The summed E-state index contributed by atoms with van der Waals surface area (Å²) in [7, 11) is 0. The molecule has 0 radical (unpaired) electrons. The van der Waals surface area contributed by atoms with Gasteiger partial charge in [-0.25, -0.2) is 0 Å². The van der Waals surface area contributed by atoms with E-state index in [1.807, 2.05) is 0 Å². The molecule has 1 N–H and O–H groups in total. The van der Waals surface area contributed by atoms with Crippen molar-refractivity contribution in [3.63, 3.8) is 0 Å². The predicted octanol–water partition coefficient (Wildman–Crippen LogP) is -0.516.